The van der Waals surface area contributed by atoms with Crippen LogP contribution in [0.4, 0.5) is 4.39 Å². The SMILES string of the molecule is NC(N)=NC(=O)c1ccc2c(Cl)cnc(-c3cccc(F)c3O)c2c1. The molecule has 1 amide bonds. The molecule has 6 nitrogen and oxygen atoms in total. The molecule has 0 aliphatic rings. The number of aromatic hydroxyl groups is 1. The van der Waals surface area contributed by atoms with Crippen molar-refractivity contribution in [3.63, 3.8) is 0 Å². The summed E-state index contributed by atoms with van der Waals surface area (Å²) in [6.07, 6.45) is 1.39. The van der Waals surface area contributed by atoms with Gasteiger partial charge in [0, 0.05) is 28.1 Å². The number of fused-ring (bicyclic) bond motifs is 1. The van der Waals surface area contributed by atoms with Crippen molar-refractivity contribution in [3.8, 4) is 17.0 Å². The Morgan fingerprint density at radius 2 is 1.96 bits per heavy atom. The Kier molecular flexibility index (Phi) is 4.24. The number of hydrogen-bond donors (Lipinski definition) is 3. The van der Waals surface area contributed by atoms with E-state index in [1.165, 1.54) is 30.5 Å². The minimum absolute atomic E-state index is 0.174. The van der Waals surface area contributed by atoms with Gasteiger partial charge in [-0.25, -0.2) is 4.39 Å². The number of guanidine groups is 1. The Hall–Kier alpha value is -3.19. The molecular weight excluding hydrogens is 347 g/mol. The summed E-state index contributed by atoms with van der Waals surface area (Å²) in [6, 6.07) is 8.69. The number of aliphatic imine (C=N–C) groups is 1. The Morgan fingerprint density at radius 3 is 2.68 bits per heavy atom. The maximum Gasteiger partial charge on any atom is 0.280 e. The molecule has 2 aromatic carbocycles. The Morgan fingerprint density at radius 1 is 1.20 bits per heavy atom. The predicted octanol–water partition coefficient (Wildman–Crippen LogP) is 2.81. The third kappa shape index (κ3) is 3.09. The largest absolute Gasteiger partial charge is 0.504 e. The van der Waals surface area contributed by atoms with Gasteiger partial charge >= 0.3 is 0 Å². The van der Waals surface area contributed by atoms with E-state index in [-0.39, 0.29) is 22.8 Å². The molecule has 0 atom stereocenters. The van der Waals surface area contributed by atoms with E-state index in [0.29, 0.717) is 15.8 Å². The number of aromatic nitrogens is 1. The molecule has 0 saturated carbocycles. The van der Waals surface area contributed by atoms with Gasteiger partial charge in [-0.3, -0.25) is 9.78 Å². The zero-order valence-corrected chi connectivity index (χ0v) is 13.5. The first kappa shape index (κ1) is 16.7. The van der Waals surface area contributed by atoms with Crippen molar-refractivity contribution < 1.29 is 14.3 Å². The average Bonchev–Trinajstić information content (AvgIpc) is 2.57. The van der Waals surface area contributed by atoms with Crippen LogP contribution in [0.1, 0.15) is 10.4 Å². The van der Waals surface area contributed by atoms with E-state index < -0.39 is 17.5 Å². The molecule has 0 spiro atoms. The first-order valence-electron chi connectivity index (χ1n) is 7.08. The molecule has 0 radical (unpaired) electrons. The topological polar surface area (TPSA) is 115 Å². The third-order valence-corrected chi connectivity index (χ3v) is 3.86. The number of pyridine rings is 1. The number of phenolic OH excluding ortho intramolecular Hbond substituents is 1. The van der Waals surface area contributed by atoms with Crippen molar-refractivity contribution in [1.82, 2.24) is 4.98 Å². The van der Waals surface area contributed by atoms with Crippen LogP contribution in [0.2, 0.25) is 5.02 Å². The first-order chi connectivity index (χ1) is 11.9. The number of rotatable bonds is 2. The van der Waals surface area contributed by atoms with Crippen LogP contribution >= 0.6 is 11.6 Å². The van der Waals surface area contributed by atoms with Gasteiger partial charge in [0.25, 0.3) is 5.91 Å². The lowest BCUT2D eigenvalue weighted by molar-refractivity contribution is 0.100. The summed E-state index contributed by atoms with van der Waals surface area (Å²) in [5, 5.41) is 11.4. The Bertz CT molecular complexity index is 1030. The molecule has 0 unspecified atom stereocenters. The van der Waals surface area contributed by atoms with Gasteiger partial charge in [-0.15, -0.1) is 0 Å². The van der Waals surface area contributed by atoms with Crippen molar-refractivity contribution in [2.75, 3.05) is 0 Å². The van der Waals surface area contributed by atoms with E-state index in [0.717, 1.165) is 6.07 Å². The van der Waals surface area contributed by atoms with Gasteiger partial charge < -0.3 is 16.6 Å². The number of carbonyl (C=O) groups excluding carboxylic acids is 1. The van der Waals surface area contributed by atoms with Gasteiger partial charge in [-0.2, -0.15) is 4.99 Å². The molecule has 0 saturated heterocycles. The van der Waals surface area contributed by atoms with Gasteiger partial charge in [-0.1, -0.05) is 23.7 Å². The van der Waals surface area contributed by atoms with E-state index in [1.807, 2.05) is 0 Å². The van der Waals surface area contributed by atoms with Gasteiger partial charge in [0.2, 0.25) is 0 Å². The van der Waals surface area contributed by atoms with Crippen LogP contribution in [0.5, 0.6) is 5.75 Å². The number of benzene rings is 2. The molecule has 3 rings (SSSR count). The van der Waals surface area contributed by atoms with Gasteiger partial charge in [0.15, 0.2) is 17.5 Å². The first-order valence-corrected chi connectivity index (χ1v) is 7.46. The van der Waals surface area contributed by atoms with Gasteiger partial charge in [0.1, 0.15) is 0 Å². The average molecular weight is 359 g/mol. The second kappa shape index (κ2) is 6.37. The molecule has 126 valence electrons. The highest BCUT2D eigenvalue weighted by atomic mass is 35.5. The van der Waals surface area contributed by atoms with Crippen LogP contribution in [0, 0.1) is 5.82 Å². The van der Waals surface area contributed by atoms with Crippen molar-refractivity contribution >= 4 is 34.2 Å². The predicted molar refractivity (Wildman–Crippen MR) is 94.0 cm³/mol. The molecule has 3 aromatic rings. The number of phenols is 1. The smallest absolute Gasteiger partial charge is 0.280 e. The summed E-state index contributed by atoms with van der Waals surface area (Å²) in [7, 11) is 0. The second-order valence-corrected chi connectivity index (χ2v) is 5.60. The summed E-state index contributed by atoms with van der Waals surface area (Å²) in [5.41, 5.74) is 11.1. The van der Waals surface area contributed by atoms with Crippen LogP contribution in [-0.4, -0.2) is 22.0 Å². The molecule has 0 bridgehead atoms. The highest BCUT2D eigenvalue weighted by Gasteiger charge is 2.16. The lowest BCUT2D eigenvalue weighted by atomic mass is 10.0. The molecule has 0 aliphatic heterocycles. The highest BCUT2D eigenvalue weighted by Crippen LogP contribution is 2.36. The third-order valence-electron chi connectivity index (χ3n) is 3.56. The molecule has 5 N–H and O–H groups in total. The van der Waals surface area contributed by atoms with Crippen molar-refractivity contribution in [2.24, 2.45) is 16.5 Å². The number of nitrogens with zero attached hydrogens (tertiary/aromatic N) is 2. The number of amides is 1. The van der Waals surface area contributed by atoms with Crippen LogP contribution in [0.25, 0.3) is 22.0 Å². The van der Waals surface area contributed by atoms with Crippen molar-refractivity contribution in [1.29, 1.82) is 0 Å². The number of para-hydroxylation sites is 1. The number of hydrogen-bond acceptors (Lipinski definition) is 3. The minimum atomic E-state index is -0.782. The van der Waals surface area contributed by atoms with E-state index in [9.17, 15) is 14.3 Å². The van der Waals surface area contributed by atoms with Gasteiger partial charge in [-0.05, 0) is 24.3 Å². The normalized spacial score (nSPS) is 10.6. The van der Waals surface area contributed by atoms with Crippen molar-refractivity contribution in [2.45, 2.75) is 0 Å². The Balaban J connectivity index is 2.29. The second-order valence-electron chi connectivity index (χ2n) is 5.19. The maximum absolute atomic E-state index is 13.7. The molecular formula is C17H12ClFN4O2. The minimum Gasteiger partial charge on any atom is -0.504 e. The lowest BCUT2D eigenvalue weighted by Crippen LogP contribution is -2.24. The van der Waals surface area contributed by atoms with Crippen LogP contribution in [-0.2, 0) is 0 Å². The van der Waals surface area contributed by atoms with Crippen LogP contribution in [0.15, 0.2) is 47.6 Å². The quantitative estimate of drug-likeness (QED) is 0.481. The molecule has 0 fully saturated rings. The lowest BCUT2D eigenvalue weighted by Gasteiger charge is -2.10. The molecule has 0 aliphatic carbocycles. The summed E-state index contributed by atoms with van der Waals surface area (Å²) in [6.45, 7) is 0. The van der Waals surface area contributed by atoms with E-state index >= 15 is 0 Å². The monoisotopic (exact) mass is 358 g/mol. The highest BCUT2D eigenvalue weighted by molar-refractivity contribution is 6.35. The fourth-order valence-electron chi connectivity index (χ4n) is 2.44. The zero-order chi connectivity index (χ0) is 18.1. The van der Waals surface area contributed by atoms with Gasteiger partial charge in [0.05, 0.1) is 10.7 Å². The Labute approximate surface area is 146 Å². The molecule has 8 heteroatoms. The number of carbonyl (C=O) groups is 1. The molecule has 25 heavy (non-hydrogen) atoms. The summed E-state index contributed by atoms with van der Waals surface area (Å²) in [4.78, 5) is 19.7. The van der Waals surface area contributed by atoms with E-state index in [4.69, 9.17) is 23.1 Å². The number of halogens is 2. The fourth-order valence-corrected chi connectivity index (χ4v) is 2.66. The maximum atomic E-state index is 13.7. The standard InChI is InChI=1S/C17H12ClFN4O2/c18-12-7-22-14(10-2-1-3-13(19)15(10)24)11-6-8(4-5-9(11)12)16(25)23-17(20)21/h1-7,24H,(H4,20,21,23,25). The van der Waals surface area contributed by atoms with Crippen molar-refractivity contribution in [3.05, 3.63) is 59.0 Å². The van der Waals surface area contributed by atoms with E-state index in [1.54, 1.807) is 6.07 Å². The summed E-state index contributed by atoms with van der Waals surface area (Å²) < 4.78 is 13.7. The van der Waals surface area contributed by atoms with Crippen LogP contribution < -0.4 is 11.5 Å². The van der Waals surface area contributed by atoms with Crippen LogP contribution in [0.3, 0.4) is 0 Å². The fraction of sp³-hybridized carbons (Fsp3) is 0. The zero-order valence-electron chi connectivity index (χ0n) is 12.7. The summed E-state index contributed by atoms with van der Waals surface area (Å²) in [5.74, 6) is -2.33. The number of nitrogens with two attached hydrogens (primary N) is 2. The molecule has 1 aromatic heterocycles. The van der Waals surface area contributed by atoms with E-state index in [2.05, 4.69) is 9.98 Å². The molecule has 1 heterocycles. The summed E-state index contributed by atoms with van der Waals surface area (Å²) >= 11 is 6.15.